The maximum absolute atomic E-state index is 6.02. The molecule has 1 saturated heterocycles. The number of benzene rings is 1. The van der Waals surface area contributed by atoms with E-state index in [2.05, 4.69) is 39.8 Å². The van der Waals surface area contributed by atoms with Crippen LogP contribution in [0, 0.1) is 0 Å². The van der Waals surface area contributed by atoms with Gasteiger partial charge in [-0.2, -0.15) is 0 Å². The highest BCUT2D eigenvalue weighted by Crippen LogP contribution is 2.24. The molecule has 118 valence electrons. The highest BCUT2D eigenvalue weighted by atomic mass is 35.5. The van der Waals surface area contributed by atoms with Gasteiger partial charge in [0, 0.05) is 30.0 Å². The van der Waals surface area contributed by atoms with Gasteiger partial charge in [-0.15, -0.1) is 11.3 Å². The van der Waals surface area contributed by atoms with Crippen molar-refractivity contribution in [1.29, 1.82) is 0 Å². The van der Waals surface area contributed by atoms with Crippen molar-refractivity contribution in [2.75, 3.05) is 26.7 Å². The Morgan fingerprint density at radius 3 is 2.95 bits per heavy atom. The van der Waals surface area contributed by atoms with E-state index in [-0.39, 0.29) is 12.1 Å². The van der Waals surface area contributed by atoms with Crippen LogP contribution in [0.3, 0.4) is 0 Å². The molecule has 1 aliphatic rings. The molecular weight excluding hydrogens is 318 g/mol. The minimum absolute atomic E-state index is 0.124. The van der Waals surface area contributed by atoms with Gasteiger partial charge in [-0.3, -0.25) is 0 Å². The average Bonchev–Trinajstić information content (AvgIpc) is 3.03. The first-order chi connectivity index (χ1) is 10.7. The number of ether oxygens (including phenoxy) is 1. The Balaban J connectivity index is 1.76. The summed E-state index contributed by atoms with van der Waals surface area (Å²) in [5.41, 5.74) is 4.12. The number of hydrogen-bond acceptors (Lipinski definition) is 5. The lowest BCUT2D eigenvalue weighted by Crippen LogP contribution is -2.46. The van der Waals surface area contributed by atoms with Crippen LogP contribution >= 0.6 is 22.9 Å². The average molecular weight is 338 g/mol. The SMILES string of the molecule is CN1CCO[C@@H]([C@H](NCc2cscn2)c2ccc(Cl)cc2)C1. The van der Waals surface area contributed by atoms with Crippen molar-refractivity contribution in [3.63, 3.8) is 0 Å². The van der Waals surface area contributed by atoms with E-state index in [0.29, 0.717) is 0 Å². The van der Waals surface area contributed by atoms with Crippen molar-refractivity contribution in [3.05, 3.63) is 51.4 Å². The van der Waals surface area contributed by atoms with Gasteiger partial charge in [0.15, 0.2) is 0 Å². The first-order valence-corrected chi connectivity index (χ1v) is 8.70. The molecule has 0 aliphatic carbocycles. The molecule has 0 saturated carbocycles. The number of thiazole rings is 1. The Morgan fingerprint density at radius 1 is 1.45 bits per heavy atom. The summed E-state index contributed by atoms with van der Waals surface area (Å²) in [4.78, 5) is 6.65. The smallest absolute Gasteiger partial charge is 0.0896 e. The zero-order chi connectivity index (χ0) is 15.4. The normalized spacial score (nSPS) is 20.9. The summed E-state index contributed by atoms with van der Waals surface area (Å²) in [6.07, 6.45) is 0.124. The summed E-state index contributed by atoms with van der Waals surface area (Å²) in [6, 6.07) is 8.13. The van der Waals surface area contributed by atoms with Gasteiger partial charge in [0.1, 0.15) is 0 Å². The molecule has 0 unspecified atom stereocenters. The molecule has 6 heteroatoms. The third kappa shape index (κ3) is 4.06. The first kappa shape index (κ1) is 15.9. The molecule has 1 aromatic heterocycles. The maximum atomic E-state index is 6.02. The Bertz CT molecular complexity index is 576. The molecule has 1 fully saturated rings. The molecule has 22 heavy (non-hydrogen) atoms. The van der Waals surface area contributed by atoms with Crippen LogP contribution in [0.5, 0.6) is 0 Å². The standard InChI is InChI=1S/C16H20ClN3OS/c1-20-6-7-21-15(9-20)16(12-2-4-13(17)5-3-12)18-8-14-10-22-11-19-14/h2-5,10-11,15-16,18H,6-9H2,1H3/t15-,16-/m1/s1. The Hall–Kier alpha value is -0.980. The van der Waals surface area contributed by atoms with E-state index < -0.39 is 0 Å². The second kappa shape index (κ2) is 7.53. The lowest BCUT2D eigenvalue weighted by Gasteiger charge is -2.35. The van der Waals surface area contributed by atoms with E-state index in [4.69, 9.17) is 16.3 Å². The highest BCUT2D eigenvalue weighted by molar-refractivity contribution is 7.07. The summed E-state index contributed by atoms with van der Waals surface area (Å²) < 4.78 is 6.01. The number of hydrogen-bond donors (Lipinski definition) is 1. The molecule has 3 rings (SSSR count). The van der Waals surface area contributed by atoms with Crippen LogP contribution in [0.1, 0.15) is 17.3 Å². The van der Waals surface area contributed by atoms with E-state index in [1.807, 2.05) is 17.6 Å². The van der Waals surface area contributed by atoms with E-state index in [1.54, 1.807) is 11.3 Å². The molecule has 2 aromatic rings. The molecule has 1 aromatic carbocycles. The van der Waals surface area contributed by atoms with Gasteiger partial charge >= 0.3 is 0 Å². The molecule has 1 aliphatic heterocycles. The largest absolute Gasteiger partial charge is 0.374 e. The van der Waals surface area contributed by atoms with E-state index in [0.717, 1.165) is 37.0 Å². The van der Waals surface area contributed by atoms with Crippen molar-refractivity contribution in [2.45, 2.75) is 18.7 Å². The van der Waals surface area contributed by atoms with E-state index in [9.17, 15) is 0 Å². The fourth-order valence-electron chi connectivity index (χ4n) is 2.69. The van der Waals surface area contributed by atoms with Gasteiger partial charge in [0.2, 0.25) is 0 Å². The molecule has 0 amide bonds. The highest BCUT2D eigenvalue weighted by Gasteiger charge is 2.27. The molecule has 2 heterocycles. The van der Waals surface area contributed by atoms with Gasteiger partial charge in [0.05, 0.1) is 30.0 Å². The van der Waals surface area contributed by atoms with Crippen LogP contribution in [0.15, 0.2) is 35.2 Å². The Labute approximate surface area is 140 Å². The quantitative estimate of drug-likeness (QED) is 0.910. The van der Waals surface area contributed by atoms with Crippen LogP contribution in [0.2, 0.25) is 5.02 Å². The molecule has 0 bridgehead atoms. The second-order valence-corrected chi connectivity index (χ2v) is 6.72. The minimum Gasteiger partial charge on any atom is -0.374 e. The summed E-state index contributed by atoms with van der Waals surface area (Å²) in [7, 11) is 2.13. The number of halogens is 1. The van der Waals surface area contributed by atoms with Crippen molar-refractivity contribution in [2.24, 2.45) is 0 Å². The summed E-state index contributed by atoms with van der Waals surface area (Å²) >= 11 is 7.63. The lowest BCUT2D eigenvalue weighted by atomic mass is 10.00. The van der Waals surface area contributed by atoms with Crippen molar-refractivity contribution >= 4 is 22.9 Å². The van der Waals surface area contributed by atoms with E-state index >= 15 is 0 Å². The Kier molecular flexibility index (Phi) is 5.44. The fourth-order valence-corrected chi connectivity index (χ4v) is 3.37. The second-order valence-electron chi connectivity index (χ2n) is 5.56. The molecular formula is C16H20ClN3OS. The summed E-state index contributed by atoms with van der Waals surface area (Å²) in [5, 5.41) is 6.42. The van der Waals surface area contributed by atoms with Crippen molar-refractivity contribution in [1.82, 2.24) is 15.2 Å². The third-order valence-electron chi connectivity index (χ3n) is 3.88. The van der Waals surface area contributed by atoms with Crippen LogP contribution < -0.4 is 5.32 Å². The van der Waals surface area contributed by atoms with Gasteiger partial charge in [-0.25, -0.2) is 4.98 Å². The van der Waals surface area contributed by atoms with Crippen LogP contribution in [0.4, 0.5) is 0 Å². The fraction of sp³-hybridized carbons (Fsp3) is 0.438. The number of rotatable bonds is 5. The summed E-state index contributed by atoms with van der Waals surface area (Å²) in [5.74, 6) is 0. The number of aromatic nitrogens is 1. The first-order valence-electron chi connectivity index (χ1n) is 7.38. The van der Waals surface area contributed by atoms with Gasteiger partial charge in [0.25, 0.3) is 0 Å². The lowest BCUT2D eigenvalue weighted by molar-refractivity contribution is -0.0396. The molecule has 2 atom stereocenters. The zero-order valence-corrected chi connectivity index (χ0v) is 14.1. The Morgan fingerprint density at radius 2 is 2.27 bits per heavy atom. The molecule has 0 spiro atoms. The summed E-state index contributed by atoms with van der Waals surface area (Å²) in [6.45, 7) is 3.40. The monoisotopic (exact) mass is 337 g/mol. The molecule has 1 N–H and O–H groups in total. The van der Waals surface area contributed by atoms with Crippen LogP contribution in [0.25, 0.3) is 0 Å². The topological polar surface area (TPSA) is 37.4 Å². The zero-order valence-electron chi connectivity index (χ0n) is 12.5. The number of likely N-dealkylation sites (N-methyl/N-ethyl adjacent to an activating group) is 1. The van der Waals surface area contributed by atoms with Crippen molar-refractivity contribution < 1.29 is 4.74 Å². The van der Waals surface area contributed by atoms with Crippen LogP contribution in [-0.2, 0) is 11.3 Å². The van der Waals surface area contributed by atoms with Gasteiger partial charge in [-0.05, 0) is 24.7 Å². The van der Waals surface area contributed by atoms with Gasteiger partial charge in [-0.1, -0.05) is 23.7 Å². The predicted octanol–water partition coefficient (Wildman–Crippen LogP) is 2.96. The number of nitrogens with zero attached hydrogens (tertiary/aromatic N) is 2. The van der Waals surface area contributed by atoms with Crippen molar-refractivity contribution in [3.8, 4) is 0 Å². The number of nitrogens with one attached hydrogen (secondary N) is 1. The minimum atomic E-state index is 0.124. The van der Waals surface area contributed by atoms with Crippen LogP contribution in [-0.4, -0.2) is 42.7 Å². The molecule has 0 radical (unpaired) electrons. The predicted molar refractivity (Wildman–Crippen MR) is 90.4 cm³/mol. The third-order valence-corrected chi connectivity index (χ3v) is 4.77. The van der Waals surface area contributed by atoms with E-state index in [1.165, 1.54) is 5.56 Å². The maximum Gasteiger partial charge on any atom is 0.0896 e. The number of morpholine rings is 1. The molecule has 4 nitrogen and oxygen atoms in total. The van der Waals surface area contributed by atoms with Gasteiger partial charge < -0.3 is 15.0 Å².